The van der Waals surface area contributed by atoms with Gasteiger partial charge in [-0.1, -0.05) is 12.1 Å². The van der Waals surface area contributed by atoms with E-state index < -0.39 is 29.7 Å². The summed E-state index contributed by atoms with van der Waals surface area (Å²) in [5.41, 5.74) is 1.93. The Morgan fingerprint density at radius 1 is 0.837 bits per heavy atom. The predicted octanol–water partition coefficient (Wildman–Crippen LogP) is 8.32. The van der Waals surface area contributed by atoms with Gasteiger partial charge in [0.1, 0.15) is 5.82 Å². The number of fused-ring (bicyclic) bond motifs is 1. The molecule has 0 atom stereocenters. The number of urea groups is 1. The Kier molecular flexibility index (Phi) is 7.97. The lowest BCUT2D eigenvalue weighted by Gasteiger charge is -2.10. The number of carbonyl (C=O) groups is 2. The van der Waals surface area contributed by atoms with Crippen LogP contribution in [-0.4, -0.2) is 28.2 Å². The summed E-state index contributed by atoms with van der Waals surface area (Å²) in [6.07, 6.45) is -3.74. The van der Waals surface area contributed by atoms with E-state index in [2.05, 4.69) is 25.9 Å². The predicted molar refractivity (Wildman–Crippen MR) is 152 cm³/mol. The number of hydrogen-bond donors (Lipinski definition) is 3. The van der Waals surface area contributed by atoms with Gasteiger partial charge in [0.2, 0.25) is 5.89 Å². The summed E-state index contributed by atoms with van der Waals surface area (Å²) >= 11 is 0. The average Bonchev–Trinajstić information content (AvgIpc) is 3.37. The summed E-state index contributed by atoms with van der Waals surface area (Å²) in [6.45, 7) is 3.49. The van der Waals surface area contributed by atoms with E-state index in [1.54, 1.807) is 50.4 Å². The lowest BCUT2D eigenvalue weighted by Crippen LogP contribution is -2.19. The number of amides is 3. The summed E-state index contributed by atoms with van der Waals surface area (Å²) in [4.78, 5) is 32.8. The van der Waals surface area contributed by atoms with Crippen molar-refractivity contribution in [3.8, 4) is 22.6 Å². The molecule has 13 heteroatoms. The highest BCUT2D eigenvalue weighted by molar-refractivity contribution is 6.00. The van der Waals surface area contributed by atoms with Gasteiger partial charge in [-0.3, -0.25) is 5.32 Å². The molecule has 0 aliphatic rings. The molecule has 2 heterocycles. The molecule has 0 fully saturated rings. The summed E-state index contributed by atoms with van der Waals surface area (Å²) in [7, 11) is 0. The fourth-order valence-corrected chi connectivity index (χ4v) is 4.00. The van der Waals surface area contributed by atoms with Gasteiger partial charge in [0.25, 0.3) is 0 Å². The summed E-state index contributed by atoms with van der Waals surface area (Å²) < 4.78 is 63.9. The number of anilines is 3. The molecule has 0 bridgehead atoms. The monoisotopic (exact) mass is 593 g/mol. The molecule has 43 heavy (non-hydrogen) atoms. The molecule has 0 radical (unpaired) electrons. The number of nitrogens with one attached hydrogen (secondary N) is 3. The first-order chi connectivity index (χ1) is 20.4. The minimum Gasteiger partial charge on any atom is -0.447 e. The molecule has 0 unspecified atom stereocenters. The van der Waals surface area contributed by atoms with Crippen LogP contribution in [0.25, 0.3) is 33.8 Å². The number of pyridine rings is 1. The molecule has 9 nitrogen and oxygen atoms in total. The first-order valence-corrected chi connectivity index (χ1v) is 12.8. The Balaban J connectivity index is 1.30. The highest BCUT2D eigenvalue weighted by Crippen LogP contribution is 2.32. The summed E-state index contributed by atoms with van der Waals surface area (Å²) in [5, 5.41) is 7.56. The Morgan fingerprint density at radius 3 is 2.14 bits per heavy atom. The number of aromatic nitrogens is 2. The zero-order chi connectivity index (χ0) is 30.7. The topological polar surface area (TPSA) is 118 Å². The molecular weight excluding hydrogens is 570 g/mol. The number of rotatable bonds is 6. The lowest BCUT2D eigenvalue weighted by atomic mass is 10.1. The first-order valence-electron chi connectivity index (χ1n) is 12.8. The Bertz CT molecular complexity index is 1790. The Labute approximate surface area is 241 Å². The first kappa shape index (κ1) is 29.0. The maximum atomic E-state index is 14.8. The van der Waals surface area contributed by atoms with Gasteiger partial charge in [-0.2, -0.15) is 18.2 Å². The molecule has 0 aliphatic carbocycles. The van der Waals surface area contributed by atoms with Crippen LogP contribution < -0.4 is 16.0 Å². The van der Waals surface area contributed by atoms with Crippen molar-refractivity contribution in [2.45, 2.75) is 26.1 Å². The van der Waals surface area contributed by atoms with Crippen LogP contribution in [0.15, 0.2) is 83.4 Å². The van der Waals surface area contributed by atoms with E-state index in [0.717, 1.165) is 35.9 Å². The molecular formula is C30H23F4N5O4. The van der Waals surface area contributed by atoms with Crippen molar-refractivity contribution in [3.63, 3.8) is 0 Å². The number of halogens is 4. The lowest BCUT2D eigenvalue weighted by molar-refractivity contribution is -0.137. The van der Waals surface area contributed by atoms with Crippen LogP contribution >= 0.6 is 0 Å². The molecule has 3 amide bonds. The van der Waals surface area contributed by atoms with Crippen molar-refractivity contribution < 1.29 is 36.3 Å². The van der Waals surface area contributed by atoms with Crippen LogP contribution in [0.3, 0.4) is 0 Å². The summed E-state index contributed by atoms with van der Waals surface area (Å²) in [6, 6.07) is 15.5. The van der Waals surface area contributed by atoms with E-state index in [0.29, 0.717) is 11.3 Å². The standard InChI is InChI=1S/C30H23F4N5O4/c1-16(2)42-29(41)38-21-7-3-17(4-8-21)18-13-25-26(35-15-18)39-27(43-25)23-14-22(11-12-24(23)31)37-28(40)36-20-9-5-19(6-10-20)30(32,33)34/h3-16H,1-2H3,(H,38,41)(H2,36,37,40). The second kappa shape index (κ2) is 11.8. The van der Waals surface area contributed by atoms with Gasteiger partial charge in [0.15, 0.2) is 11.2 Å². The van der Waals surface area contributed by atoms with E-state index in [9.17, 15) is 27.2 Å². The highest BCUT2D eigenvalue weighted by Gasteiger charge is 2.30. The zero-order valence-electron chi connectivity index (χ0n) is 22.6. The Hall–Kier alpha value is -5.46. The maximum Gasteiger partial charge on any atom is 0.416 e. The fourth-order valence-electron chi connectivity index (χ4n) is 4.00. The number of oxazole rings is 1. The minimum absolute atomic E-state index is 0.0457. The van der Waals surface area contributed by atoms with Gasteiger partial charge in [-0.25, -0.2) is 19.0 Å². The minimum atomic E-state index is -4.50. The molecule has 2 aromatic heterocycles. The third kappa shape index (κ3) is 7.07. The van der Waals surface area contributed by atoms with Crippen molar-refractivity contribution in [1.82, 2.24) is 9.97 Å². The molecule has 3 aromatic carbocycles. The van der Waals surface area contributed by atoms with Crippen molar-refractivity contribution in [3.05, 3.63) is 90.4 Å². The molecule has 0 saturated heterocycles. The number of nitrogens with zero attached hydrogens (tertiary/aromatic N) is 2. The van der Waals surface area contributed by atoms with Gasteiger partial charge in [0.05, 0.1) is 17.2 Å². The molecule has 0 aliphatic heterocycles. The van der Waals surface area contributed by atoms with Crippen molar-refractivity contribution in [1.29, 1.82) is 0 Å². The third-order valence-electron chi connectivity index (χ3n) is 5.98. The van der Waals surface area contributed by atoms with Gasteiger partial charge >= 0.3 is 18.3 Å². The number of hydrogen-bond acceptors (Lipinski definition) is 6. The zero-order valence-corrected chi connectivity index (χ0v) is 22.6. The van der Waals surface area contributed by atoms with Gasteiger partial charge in [0, 0.05) is 28.8 Å². The second-order valence-electron chi connectivity index (χ2n) is 9.57. The number of alkyl halides is 3. The molecule has 0 saturated carbocycles. The van der Waals surface area contributed by atoms with Crippen LogP contribution in [0.4, 0.5) is 44.2 Å². The van der Waals surface area contributed by atoms with E-state index in [4.69, 9.17) is 9.15 Å². The Morgan fingerprint density at radius 2 is 1.47 bits per heavy atom. The molecule has 0 spiro atoms. The van der Waals surface area contributed by atoms with Gasteiger partial charge in [-0.15, -0.1) is 0 Å². The number of carbonyl (C=O) groups excluding carboxylic acids is 2. The largest absolute Gasteiger partial charge is 0.447 e. The van der Waals surface area contributed by atoms with Crippen LogP contribution in [0.5, 0.6) is 0 Å². The molecule has 5 aromatic rings. The number of ether oxygens (including phenoxy) is 1. The van der Waals surface area contributed by atoms with E-state index >= 15 is 0 Å². The van der Waals surface area contributed by atoms with Gasteiger partial charge < -0.3 is 19.8 Å². The quantitative estimate of drug-likeness (QED) is 0.170. The average molecular weight is 594 g/mol. The van der Waals surface area contributed by atoms with Crippen LogP contribution in [-0.2, 0) is 10.9 Å². The van der Waals surface area contributed by atoms with E-state index in [1.807, 2.05) is 0 Å². The maximum absolute atomic E-state index is 14.8. The van der Waals surface area contributed by atoms with Crippen LogP contribution in [0.2, 0.25) is 0 Å². The van der Waals surface area contributed by atoms with Crippen LogP contribution in [0, 0.1) is 5.82 Å². The normalized spacial score (nSPS) is 11.4. The highest BCUT2D eigenvalue weighted by atomic mass is 19.4. The van der Waals surface area contributed by atoms with Crippen molar-refractivity contribution in [2.24, 2.45) is 0 Å². The third-order valence-corrected chi connectivity index (χ3v) is 5.98. The summed E-state index contributed by atoms with van der Waals surface area (Å²) in [5.74, 6) is -0.744. The van der Waals surface area contributed by atoms with Crippen molar-refractivity contribution in [2.75, 3.05) is 16.0 Å². The molecule has 3 N–H and O–H groups in total. The van der Waals surface area contributed by atoms with Crippen LogP contribution in [0.1, 0.15) is 19.4 Å². The fraction of sp³-hybridized carbons (Fsp3) is 0.133. The molecule has 5 rings (SSSR count). The second-order valence-corrected chi connectivity index (χ2v) is 9.57. The van der Waals surface area contributed by atoms with E-state index in [-0.39, 0.29) is 40.2 Å². The smallest absolute Gasteiger partial charge is 0.416 e. The molecule has 220 valence electrons. The SMILES string of the molecule is CC(C)OC(=O)Nc1ccc(-c2cnc3nc(-c4cc(NC(=O)Nc5ccc(C(F)(F)F)cc5)ccc4F)oc3c2)cc1. The van der Waals surface area contributed by atoms with Gasteiger partial charge in [-0.05, 0) is 80.1 Å². The number of benzene rings is 3. The van der Waals surface area contributed by atoms with Crippen molar-refractivity contribution >= 4 is 40.4 Å². The van der Waals surface area contributed by atoms with E-state index in [1.165, 1.54) is 12.1 Å².